The Morgan fingerprint density at radius 1 is 0.882 bits per heavy atom. The van der Waals surface area contributed by atoms with Gasteiger partial charge in [0, 0.05) is 61.0 Å². The van der Waals surface area contributed by atoms with Crippen LogP contribution in [0.3, 0.4) is 0 Å². The van der Waals surface area contributed by atoms with Crippen molar-refractivity contribution in [2.45, 2.75) is 4.90 Å². The molecule has 174 valence electrons. The fraction of sp³-hybridized carbons (Fsp3) is 0.231. The molecule has 7 nitrogen and oxygen atoms in total. The molecule has 0 atom stereocenters. The summed E-state index contributed by atoms with van der Waals surface area (Å²) in [5.74, 6) is 0.514. The molecule has 34 heavy (non-hydrogen) atoms. The maximum atomic E-state index is 11.8. The van der Waals surface area contributed by atoms with Gasteiger partial charge in [-0.1, -0.05) is 30.3 Å². The molecule has 4 aromatic rings. The van der Waals surface area contributed by atoms with Crippen molar-refractivity contribution in [2.75, 3.05) is 49.7 Å². The van der Waals surface area contributed by atoms with Crippen molar-refractivity contribution in [3.8, 4) is 11.1 Å². The molecule has 3 aromatic carbocycles. The lowest BCUT2D eigenvalue weighted by molar-refractivity contribution is 0.313. The second kappa shape index (κ2) is 9.04. The summed E-state index contributed by atoms with van der Waals surface area (Å²) in [6.07, 6.45) is 3.01. The molecule has 0 spiro atoms. The standard InChI is InChI=1S/C26H27N5O2S/c1-30-14-16-31(17-15-30)22-10-8-21(9-11-22)28-26-27-18-20-4-3-5-24(25(20)29-26)19-6-12-23(13-7-19)34(2,32)33/h3-13,18H,14-17H2,1-2H3,(H,27,28,29). The van der Waals surface area contributed by atoms with Crippen molar-refractivity contribution < 1.29 is 8.42 Å². The summed E-state index contributed by atoms with van der Waals surface area (Å²) in [5, 5.41) is 4.23. The molecule has 0 radical (unpaired) electrons. The predicted octanol–water partition coefficient (Wildman–Crippen LogP) is 4.20. The van der Waals surface area contributed by atoms with Gasteiger partial charge < -0.3 is 15.1 Å². The van der Waals surface area contributed by atoms with Gasteiger partial charge in [0.05, 0.1) is 10.4 Å². The van der Waals surface area contributed by atoms with Gasteiger partial charge in [0.15, 0.2) is 9.84 Å². The summed E-state index contributed by atoms with van der Waals surface area (Å²) in [6.45, 7) is 4.21. The molecule has 2 heterocycles. The third-order valence-corrected chi connectivity index (χ3v) is 7.32. The van der Waals surface area contributed by atoms with E-state index in [2.05, 4.69) is 51.4 Å². The normalized spacial score (nSPS) is 14.9. The van der Waals surface area contributed by atoms with Crippen molar-refractivity contribution in [2.24, 2.45) is 0 Å². The highest BCUT2D eigenvalue weighted by Crippen LogP contribution is 2.29. The Balaban J connectivity index is 1.40. The van der Waals surface area contributed by atoms with Crippen molar-refractivity contribution in [3.05, 3.63) is 72.9 Å². The SMILES string of the molecule is CN1CCN(c2ccc(Nc3ncc4cccc(-c5ccc(S(C)(=O)=O)cc5)c4n3)cc2)CC1. The topological polar surface area (TPSA) is 78.4 Å². The number of aromatic nitrogens is 2. The molecule has 1 aliphatic heterocycles. The van der Waals surface area contributed by atoms with Gasteiger partial charge in [0.2, 0.25) is 5.95 Å². The van der Waals surface area contributed by atoms with Crippen LogP contribution in [0.2, 0.25) is 0 Å². The van der Waals surface area contributed by atoms with Crippen LogP contribution >= 0.6 is 0 Å². The summed E-state index contributed by atoms with van der Waals surface area (Å²) in [7, 11) is -1.08. The van der Waals surface area contributed by atoms with Crippen LogP contribution in [0.15, 0.2) is 77.8 Å². The van der Waals surface area contributed by atoms with E-state index in [9.17, 15) is 8.42 Å². The van der Waals surface area contributed by atoms with Gasteiger partial charge in [-0.3, -0.25) is 0 Å². The number of benzene rings is 3. The second-order valence-corrected chi connectivity index (χ2v) is 10.7. The van der Waals surface area contributed by atoms with E-state index in [1.807, 2.05) is 30.3 Å². The van der Waals surface area contributed by atoms with Crippen molar-refractivity contribution in [1.82, 2.24) is 14.9 Å². The third-order valence-electron chi connectivity index (χ3n) is 6.20. The predicted molar refractivity (Wildman–Crippen MR) is 138 cm³/mol. The Hall–Kier alpha value is -3.49. The van der Waals surface area contributed by atoms with E-state index in [1.165, 1.54) is 11.9 Å². The zero-order chi connectivity index (χ0) is 23.7. The zero-order valence-corrected chi connectivity index (χ0v) is 20.1. The molecule has 8 heteroatoms. The fourth-order valence-corrected chi connectivity index (χ4v) is 4.81. The third kappa shape index (κ3) is 4.73. The molecule has 1 aromatic heterocycles. The quantitative estimate of drug-likeness (QED) is 0.465. The molecule has 0 unspecified atom stereocenters. The van der Waals surface area contributed by atoms with Crippen LogP contribution in [-0.4, -0.2) is 62.8 Å². The zero-order valence-electron chi connectivity index (χ0n) is 19.3. The van der Waals surface area contributed by atoms with Gasteiger partial charge in [0.25, 0.3) is 0 Å². The molecule has 1 saturated heterocycles. The first kappa shape index (κ1) is 22.3. The minimum absolute atomic E-state index is 0.300. The number of hydrogen-bond donors (Lipinski definition) is 1. The van der Waals surface area contributed by atoms with Crippen LogP contribution in [0.25, 0.3) is 22.0 Å². The Kier molecular flexibility index (Phi) is 5.93. The van der Waals surface area contributed by atoms with Crippen LogP contribution in [0, 0.1) is 0 Å². The molecule has 1 aliphatic rings. The van der Waals surface area contributed by atoms with Gasteiger partial charge >= 0.3 is 0 Å². The Morgan fingerprint density at radius 2 is 1.59 bits per heavy atom. The first-order valence-electron chi connectivity index (χ1n) is 11.2. The summed E-state index contributed by atoms with van der Waals surface area (Å²) >= 11 is 0. The fourth-order valence-electron chi connectivity index (χ4n) is 4.18. The molecule has 1 fully saturated rings. The first-order chi connectivity index (χ1) is 16.4. The first-order valence-corrected chi connectivity index (χ1v) is 13.1. The van der Waals surface area contributed by atoms with E-state index in [4.69, 9.17) is 4.98 Å². The average Bonchev–Trinajstić information content (AvgIpc) is 2.84. The maximum absolute atomic E-state index is 11.8. The van der Waals surface area contributed by atoms with Crippen LogP contribution < -0.4 is 10.2 Å². The number of anilines is 3. The molecule has 5 rings (SSSR count). The van der Waals surface area contributed by atoms with Gasteiger partial charge in [-0.05, 0) is 49.0 Å². The number of fused-ring (bicyclic) bond motifs is 1. The van der Waals surface area contributed by atoms with Gasteiger partial charge in [-0.25, -0.2) is 18.4 Å². The smallest absolute Gasteiger partial charge is 0.227 e. The van der Waals surface area contributed by atoms with E-state index in [0.29, 0.717) is 10.8 Å². The number of nitrogens with zero attached hydrogens (tertiary/aromatic N) is 4. The number of likely N-dealkylation sites (N-methyl/N-ethyl adjacent to an activating group) is 1. The minimum atomic E-state index is -3.24. The van der Waals surface area contributed by atoms with Gasteiger partial charge in [-0.2, -0.15) is 0 Å². The number of sulfone groups is 1. The van der Waals surface area contributed by atoms with Crippen LogP contribution in [0.1, 0.15) is 0 Å². The van der Waals surface area contributed by atoms with E-state index in [0.717, 1.165) is 53.9 Å². The Morgan fingerprint density at radius 3 is 2.26 bits per heavy atom. The van der Waals surface area contributed by atoms with Gasteiger partial charge in [0.1, 0.15) is 0 Å². The van der Waals surface area contributed by atoms with Crippen molar-refractivity contribution in [3.63, 3.8) is 0 Å². The maximum Gasteiger partial charge on any atom is 0.227 e. The van der Waals surface area contributed by atoms with Crippen LogP contribution in [0.5, 0.6) is 0 Å². The Bertz CT molecular complexity index is 1410. The molecule has 1 N–H and O–H groups in total. The summed E-state index contributed by atoms with van der Waals surface area (Å²) in [6, 6.07) is 21.2. The highest BCUT2D eigenvalue weighted by molar-refractivity contribution is 7.90. The van der Waals surface area contributed by atoms with E-state index in [-0.39, 0.29) is 0 Å². The molecule has 0 aliphatic carbocycles. The number of rotatable bonds is 5. The highest BCUT2D eigenvalue weighted by Gasteiger charge is 2.14. The molecule has 0 saturated carbocycles. The monoisotopic (exact) mass is 473 g/mol. The molecular weight excluding hydrogens is 446 g/mol. The second-order valence-electron chi connectivity index (χ2n) is 8.70. The van der Waals surface area contributed by atoms with E-state index in [1.54, 1.807) is 18.3 Å². The van der Waals surface area contributed by atoms with Crippen molar-refractivity contribution >= 4 is 38.1 Å². The lowest BCUT2D eigenvalue weighted by Gasteiger charge is -2.34. The van der Waals surface area contributed by atoms with E-state index < -0.39 is 9.84 Å². The van der Waals surface area contributed by atoms with Gasteiger partial charge in [-0.15, -0.1) is 0 Å². The summed E-state index contributed by atoms with van der Waals surface area (Å²) in [4.78, 5) is 14.3. The minimum Gasteiger partial charge on any atom is -0.369 e. The largest absolute Gasteiger partial charge is 0.369 e. The molecule has 0 amide bonds. The lowest BCUT2D eigenvalue weighted by atomic mass is 10.0. The van der Waals surface area contributed by atoms with E-state index >= 15 is 0 Å². The van der Waals surface area contributed by atoms with Crippen LogP contribution in [0.4, 0.5) is 17.3 Å². The molecular formula is C26H27N5O2S. The average molecular weight is 474 g/mol. The summed E-state index contributed by atoms with van der Waals surface area (Å²) < 4.78 is 23.6. The number of piperazine rings is 1. The van der Waals surface area contributed by atoms with Crippen LogP contribution in [-0.2, 0) is 9.84 Å². The number of nitrogens with one attached hydrogen (secondary N) is 1. The highest BCUT2D eigenvalue weighted by atomic mass is 32.2. The Labute approximate surface area is 200 Å². The lowest BCUT2D eigenvalue weighted by Crippen LogP contribution is -2.44. The number of para-hydroxylation sites is 1. The number of hydrogen-bond acceptors (Lipinski definition) is 7. The van der Waals surface area contributed by atoms with Crippen molar-refractivity contribution in [1.29, 1.82) is 0 Å². The summed E-state index contributed by atoms with van der Waals surface area (Å²) in [5.41, 5.74) is 4.78. The molecule has 0 bridgehead atoms.